The second kappa shape index (κ2) is 4.48. The van der Waals surface area contributed by atoms with Gasteiger partial charge in [-0.15, -0.1) is 0 Å². The van der Waals surface area contributed by atoms with E-state index in [2.05, 4.69) is 32.9 Å². The summed E-state index contributed by atoms with van der Waals surface area (Å²) in [4.78, 5) is 0. The molecule has 0 amide bonds. The van der Waals surface area contributed by atoms with Gasteiger partial charge < -0.3 is 0 Å². The molecule has 0 aliphatic heterocycles. The van der Waals surface area contributed by atoms with Crippen LogP contribution in [0.2, 0.25) is 5.02 Å². The number of rotatable bonds is 2. The Morgan fingerprint density at radius 1 is 1.46 bits per heavy atom. The summed E-state index contributed by atoms with van der Waals surface area (Å²) in [6.07, 6.45) is 3.29. The summed E-state index contributed by atoms with van der Waals surface area (Å²) < 4.78 is 0. The predicted molar refractivity (Wildman–Crippen MR) is 60.1 cm³/mol. The van der Waals surface area contributed by atoms with Crippen molar-refractivity contribution in [3.8, 4) is 0 Å². The van der Waals surface area contributed by atoms with Crippen molar-refractivity contribution in [3.05, 3.63) is 40.4 Å². The van der Waals surface area contributed by atoms with E-state index in [9.17, 15) is 0 Å². The second-order valence-corrected chi connectivity index (χ2v) is 3.69. The number of hydrogen-bond acceptors (Lipinski definition) is 0. The number of halogens is 1. The Morgan fingerprint density at radius 2 is 2.15 bits per heavy atom. The molecular formula is C12H15Cl. The van der Waals surface area contributed by atoms with E-state index in [0.717, 1.165) is 11.4 Å². The molecule has 1 aromatic carbocycles. The Labute approximate surface area is 85.2 Å². The van der Waals surface area contributed by atoms with Crippen LogP contribution < -0.4 is 0 Å². The van der Waals surface area contributed by atoms with Gasteiger partial charge in [0.1, 0.15) is 0 Å². The summed E-state index contributed by atoms with van der Waals surface area (Å²) in [5.74, 6) is 0. The minimum atomic E-state index is 0.810. The van der Waals surface area contributed by atoms with Crippen molar-refractivity contribution >= 4 is 17.2 Å². The van der Waals surface area contributed by atoms with E-state index in [1.54, 1.807) is 0 Å². The van der Waals surface area contributed by atoms with Gasteiger partial charge in [0.05, 0.1) is 0 Å². The van der Waals surface area contributed by atoms with Gasteiger partial charge in [-0.3, -0.25) is 0 Å². The first-order valence-corrected chi connectivity index (χ1v) is 4.96. The molecule has 0 unspecified atom stereocenters. The van der Waals surface area contributed by atoms with Gasteiger partial charge in [-0.05, 0) is 49.1 Å². The average Bonchev–Trinajstić information content (AvgIpc) is 2.09. The van der Waals surface area contributed by atoms with Gasteiger partial charge in [0.25, 0.3) is 0 Å². The van der Waals surface area contributed by atoms with Gasteiger partial charge in [-0.25, -0.2) is 0 Å². The molecule has 1 heteroatoms. The second-order valence-electron chi connectivity index (χ2n) is 3.25. The van der Waals surface area contributed by atoms with Crippen molar-refractivity contribution in [2.24, 2.45) is 0 Å². The molecule has 0 atom stereocenters. The fourth-order valence-corrected chi connectivity index (χ4v) is 1.61. The molecular weight excluding hydrogens is 180 g/mol. The molecule has 0 aromatic heterocycles. The molecule has 0 heterocycles. The SMILES string of the molecule is CC/C=C(/C)c1cc(Cl)ccc1C. The minimum absolute atomic E-state index is 0.810. The Kier molecular flexibility index (Phi) is 3.56. The Morgan fingerprint density at radius 3 is 2.77 bits per heavy atom. The monoisotopic (exact) mass is 194 g/mol. The maximum absolute atomic E-state index is 5.93. The third kappa shape index (κ3) is 2.60. The lowest BCUT2D eigenvalue weighted by atomic mass is 10.0. The first kappa shape index (κ1) is 10.3. The summed E-state index contributed by atoms with van der Waals surface area (Å²) in [6.45, 7) is 6.38. The maximum Gasteiger partial charge on any atom is 0.0412 e. The standard InChI is InChI=1S/C12H15Cl/c1-4-5-9(2)12-8-11(13)7-6-10(12)3/h5-8H,4H2,1-3H3/b9-5-. The largest absolute Gasteiger partial charge is 0.0843 e. The molecule has 0 saturated heterocycles. The van der Waals surface area contributed by atoms with Crippen LogP contribution in [0.3, 0.4) is 0 Å². The normalized spacial score (nSPS) is 11.8. The zero-order valence-electron chi connectivity index (χ0n) is 8.39. The summed E-state index contributed by atoms with van der Waals surface area (Å²) in [7, 11) is 0. The van der Waals surface area contributed by atoms with Gasteiger partial charge in [-0.2, -0.15) is 0 Å². The molecule has 1 aromatic rings. The van der Waals surface area contributed by atoms with Crippen LogP contribution in [-0.4, -0.2) is 0 Å². The number of aryl methyl sites for hydroxylation is 1. The third-order valence-electron chi connectivity index (χ3n) is 2.13. The van der Waals surface area contributed by atoms with Crippen molar-refractivity contribution in [1.29, 1.82) is 0 Å². The van der Waals surface area contributed by atoms with Crippen molar-refractivity contribution in [2.75, 3.05) is 0 Å². The van der Waals surface area contributed by atoms with Crippen LogP contribution >= 0.6 is 11.6 Å². The number of hydrogen-bond donors (Lipinski definition) is 0. The van der Waals surface area contributed by atoms with E-state index in [-0.39, 0.29) is 0 Å². The van der Waals surface area contributed by atoms with E-state index >= 15 is 0 Å². The van der Waals surface area contributed by atoms with Crippen molar-refractivity contribution in [3.63, 3.8) is 0 Å². The smallest absolute Gasteiger partial charge is 0.0412 e. The van der Waals surface area contributed by atoms with E-state index < -0.39 is 0 Å². The van der Waals surface area contributed by atoms with Crippen LogP contribution in [0.1, 0.15) is 31.4 Å². The van der Waals surface area contributed by atoms with Crippen LogP contribution in [-0.2, 0) is 0 Å². The third-order valence-corrected chi connectivity index (χ3v) is 2.37. The zero-order valence-corrected chi connectivity index (χ0v) is 9.15. The highest BCUT2D eigenvalue weighted by Crippen LogP contribution is 2.22. The zero-order chi connectivity index (χ0) is 9.84. The molecule has 0 fully saturated rings. The highest BCUT2D eigenvalue weighted by atomic mass is 35.5. The lowest BCUT2D eigenvalue weighted by molar-refractivity contribution is 1.22. The Hall–Kier alpha value is -0.750. The first-order valence-electron chi connectivity index (χ1n) is 4.58. The summed E-state index contributed by atoms with van der Waals surface area (Å²) in [5.41, 5.74) is 3.85. The van der Waals surface area contributed by atoms with Gasteiger partial charge in [0.15, 0.2) is 0 Å². The molecule has 0 spiro atoms. The van der Waals surface area contributed by atoms with Gasteiger partial charge in [0, 0.05) is 5.02 Å². The van der Waals surface area contributed by atoms with E-state index in [0.29, 0.717) is 0 Å². The summed E-state index contributed by atoms with van der Waals surface area (Å²) in [5, 5.41) is 0.810. The molecule has 1 rings (SSSR count). The van der Waals surface area contributed by atoms with Crippen LogP contribution in [0.4, 0.5) is 0 Å². The van der Waals surface area contributed by atoms with Crippen molar-refractivity contribution < 1.29 is 0 Å². The molecule has 0 N–H and O–H groups in total. The van der Waals surface area contributed by atoms with E-state index in [4.69, 9.17) is 11.6 Å². The predicted octanol–water partition coefficient (Wildman–Crippen LogP) is 4.46. The number of allylic oxidation sites excluding steroid dienone is 2. The average molecular weight is 195 g/mol. The molecule has 0 aliphatic carbocycles. The Balaban J connectivity index is 3.13. The lowest BCUT2D eigenvalue weighted by Gasteiger charge is -2.06. The first-order chi connectivity index (χ1) is 6.15. The molecule has 0 saturated carbocycles. The van der Waals surface area contributed by atoms with E-state index in [1.807, 2.05) is 12.1 Å². The lowest BCUT2D eigenvalue weighted by Crippen LogP contribution is -1.85. The van der Waals surface area contributed by atoms with Crippen LogP contribution in [0.25, 0.3) is 5.57 Å². The minimum Gasteiger partial charge on any atom is -0.0843 e. The molecule has 0 bridgehead atoms. The van der Waals surface area contributed by atoms with E-state index in [1.165, 1.54) is 16.7 Å². The quantitative estimate of drug-likeness (QED) is 0.652. The topological polar surface area (TPSA) is 0 Å². The molecule has 0 nitrogen and oxygen atoms in total. The molecule has 13 heavy (non-hydrogen) atoms. The fraction of sp³-hybridized carbons (Fsp3) is 0.333. The highest BCUT2D eigenvalue weighted by Gasteiger charge is 2.00. The molecule has 0 aliphatic rings. The fourth-order valence-electron chi connectivity index (χ4n) is 1.44. The summed E-state index contributed by atoms with van der Waals surface area (Å²) in [6, 6.07) is 6.02. The van der Waals surface area contributed by atoms with Gasteiger partial charge in [0.2, 0.25) is 0 Å². The van der Waals surface area contributed by atoms with Gasteiger partial charge >= 0.3 is 0 Å². The van der Waals surface area contributed by atoms with Crippen LogP contribution in [0, 0.1) is 6.92 Å². The maximum atomic E-state index is 5.93. The summed E-state index contributed by atoms with van der Waals surface area (Å²) >= 11 is 5.93. The van der Waals surface area contributed by atoms with Gasteiger partial charge in [-0.1, -0.05) is 30.7 Å². The molecule has 0 radical (unpaired) electrons. The van der Waals surface area contributed by atoms with Crippen LogP contribution in [0.5, 0.6) is 0 Å². The Bertz CT molecular complexity index is 324. The van der Waals surface area contributed by atoms with Crippen molar-refractivity contribution in [1.82, 2.24) is 0 Å². The van der Waals surface area contributed by atoms with Crippen molar-refractivity contribution in [2.45, 2.75) is 27.2 Å². The molecule has 70 valence electrons. The number of benzene rings is 1. The van der Waals surface area contributed by atoms with Crippen LogP contribution in [0.15, 0.2) is 24.3 Å². The highest BCUT2D eigenvalue weighted by molar-refractivity contribution is 6.30.